The molecule has 27 heavy (non-hydrogen) atoms. The smallest absolute Gasteiger partial charge is 0.251 e. The normalized spacial score (nSPS) is 15.3. The number of nitrogens with one attached hydrogen (secondary N) is 2. The van der Waals surface area contributed by atoms with Crippen LogP contribution in [0, 0.1) is 12.7 Å². The van der Waals surface area contributed by atoms with Crippen LogP contribution in [-0.4, -0.2) is 21.6 Å². The SMILES string of the molecule is Cc1cccc(NC(=O)CC2C(=O)Nc3c(-c4ccc(F)cc4)cnn32)c1. The highest BCUT2D eigenvalue weighted by atomic mass is 19.1. The first-order valence-corrected chi connectivity index (χ1v) is 8.52. The van der Waals surface area contributed by atoms with Gasteiger partial charge in [-0.2, -0.15) is 5.10 Å². The lowest BCUT2D eigenvalue weighted by atomic mass is 10.1. The molecule has 1 aliphatic rings. The molecule has 1 aliphatic heterocycles. The number of aromatic nitrogens is 2. The Hall–Kier alpha value is -3.48. The van der Waals surface area contributed by atoms with Gasteiger partial charge in [-0.05, 0) is 42.3 Å². The maximum absolute atomic E-state index is 13.1. The molecule has 0 spiro atoms. The molecule has 0 aliphatic carbocycles. The molecule has 2 N–H and O–H groups in total. The standard InChI is InChI=1S/C20H17FN4O2/c1-12-3-2-4-15(9-12)23-18(26)10-17-20(27)24-19-16(11-22-25(17)19)13-5-7-14(21)8-6-13/h2-9,11,17H,10H2,1H3,(H,23,26)(H,24,27). The highest BCUT2D eigenvalue weighted by Crippen LogP contribution is 2.35. The molecule has 1 atom stereocenters. The summed E-state index contributed by atoms with van der Waals surface area (Å²) >= 11 is 0. The lowest BCUT2D eigenvalue weighted by Crippen LogP contribution is -2.23. The number of carbonyl (C=O) groups is 2. The molecular formula is C20H17FN4O2. The highest BCUT2D eigenvalue weighted by molar-refractivity contribution is 6.04. The Balaban J connectivity index is 1.54. The number of nitrogens with zero attached hydrogens (tertiary/aromatic N) is 2. The van der Waals surface area contributed by atoms with Gasteiger partial charge in [0, 0.05) is 11.3 Å². The summed E-state index contributed by atoms with van der Waals surface area (Å²) in [7, 11) is 0. The number of rotatable bonds is 4. The first kappa shape index (κ1) is 17.0. The minimum Gasteiger partial charge on any atom is -0.326 e. The Kier molecular flexibility index (Phi) is 4.19. The molecule has 0 saturated carbocycles. The van der Waals surface area contributed by atoms with Crippen LogP contribution in [0.15, 0.2) is 54.7 Å². The Morgan fingerprint density at radius 2 is 2.04 bits per heavy atom. The van der Waals surface area contributed by atoms with E-state index < -0.39 is 6.04 Å². The van der Waals surface area contributed by atoms with Crippen LogP contribution >= 0.6 is 0 Å². The summed E-state index contributed by atoms with van der Waals surface area (Å²) in [6.07, 6.45) is 1.57. The fourth-order valence-corrected chi connectivity index (χ4v) is 3.16. The summed E-state index contributed by atoms with van der Waals surface area (Å²) < 4.78 is 14.6. The molecule has 0 saturated heterocycles. The number of fused-ring (bicyclic) bond motifs is 1. The maximum Gasteiger partial charge on any atom is 0.251 e. The van der Waals surface area contributed by atoms with Crippen molar-refractivity contribution in [2.24, 2.45) is 0 Å². The quantitative estimate of drug-likeness (QED) is 0.744. The van der Waals surface area contributed by atoms with E-state index in [1.807, 2.05) is 25.1 Å². The zero-order chi connectivity index (χ0) is 19.0. The summed E-state index contributed by atoms with van der Waals surface area (Å²) in [5, 5.41) is 9.84. The first-order chi connectivity index (χ1) is 13.0. The molecule has 1 aromatic heterocycles. The van der Waals surface area contributed by atoms with Crippen LogP contribution in [0.1, 0.15) is 18.0 Å². The fourth-order valence-electron chi connectivity index (χ4n) is 3.16. The van der Waals surface area contributed by atoms with Crippen molar-refractivity contribution >= 4 is 23.3 Å². The van der Waals surface area contributed by atoms with Crippen LogP contribution in [0.2, 0.25) is 0 Å². The Morgan fingerprint density at radius 3 is 2.78 bits per heavy atom. The molecule has 3 aromatic rings. The molecular weight excluding hydrogens is 347 g/mol. The fraction of sp³-hybridized carbons (Fsp3) is 0.150. The zero-order valence-corrected chi connectivity index (χ0v) is 14.6. The molecule has 7 heteroatoms. The number of benzene rings is 2. The third kappa shape index (κ3) is 3.31. The van der Waals surface area contributed by atoms with Crippen LogP contribution in [0.25, 0.3) is 11.1 Å². The van der Waals surface area contributed by atoms with Crippen LogP contribution in [0.4, 0.5) is 15.9 Å². The minimum atomic E-state index is -0.723. The van der Waals surface area contributed by atoms with Crippen molar-refractivity contribution < 1.29 is 14.0 Å². The van der Waals surface area contributed by atoms with Crippen LogP contribution in [0.3, 0.4) is 0 Å². The molecule has 0 fully saturated rings. The van der Waals surface area contributed by atoms with Crippen molar-refractivity contribution in [1.29, 1.82) is 0 Å². The van der Waals surface area contributed by atoms with E-state index in [9.17, 15) is 14.0 Å². The van der Waals surface area contributed by atoms with Gasteiger partial charge in [0.1, 0.15) is 17.7 Å². The van der Waals surface area contributed by atoms with Crippen LogP contribution < -0.4 is 10.6 Å². The second-order valence-electron chi connectivity index (χ2n) is 6.49. The van der Waals surface area contributed by atoms with Gasteiger partial charge in [0.05, 0.1) is 12.6 Å². The largest absolute Gasteiger partial charge is 0.326 e. The number of carbonyl (C=O) groups excluding carboxylic acids is 2. The third-order valence-corrected chi connectivity index (χ3v) is 4.47. The molecule has 0 radical (unpaired) electrons. The lowest BCUT2D eigenvalue weighted by molar-refractivity contribution is -0.123. The van der Waals surface area contributed by atoms with Gasteiger partial charge in [0.2, 0.25) is 5.91 Å². The number of amides is 2. The lowest BCUT2D eigenvalue weighted by Gasteiger charge is -2.10. The van der Waals surface area contributed by atoms with Crippen LogP contribution in [-0.2, 0) is 9.59 Å². The Bertz CT molecular complexity index is 1030. The average Bonchev–Trinajstić information content (AvgIpc) is 3.16. The highest BCUT2D eigenvalue weighted by Gasteiger charge is 2.35. The second kappa shape index (κ2) is 6.68. The Labute approximate surface area is 155 Å². The summed E-state index contributed by atoms with van der Waals surface area (Å²) in [4.78, 5) is 24.7. The van der Waals surface area contributed by atoms with E-state index in [1.54, 1.807) is 24.4 Å². The van der Waals surface area contributed by atoms with Gasteiger partial charge in [-0.3, -0.25) is 9.59 Å². The van der Waals surface area contributed by atoms with Gasteiger partial charge >= 0.3 is 0 Å². The second-order valence-corrected chi connectivity index (χ2v) is 6.49. The third-order valence-electron chi connectivity index (χ3n) is 4.47. The molecule has 2 amide bonds. The monoisotopic (exact) mass is 364 g/mol. The topological polar surface area (TPSA) is 76.0 Å². The van der Waals surface area contributed by atoms with E-state index in [0.717, 1.165) is 11.1 Å². The molecule has 4 rings (SSSR count). The summed E-state index contributed by atoms with van der Waals surface area (Å²) in [5.41, 5.74) is 3.14. The van der Waals surface area contributed by atoms with E-state index in [2.05, 4.69) is 15.7 Å². The van der Waals surface area contributed by atoms with Crippen molar-refractivity contribution in [1.82, 2.24) is 9.78 Å². The van der Waals surface area contributed by atoms with Gasteiger partial charge in [-0.15, -0.1) is 0 Å². The molecule has 136 valence electrons. The molecule has 1 unspecified atom stereocenters. The van der Waals surface area contributed by atoms with Gasteiger partial charge in [-0.25, -0.2) is 9.07 Å². The molecule has 2 aromatic carbocycles. The average molecular weight is 364 g/mol. The summed E-state index contributed by atoms with van der Waals surface area (Å²) in [5.74, 6) is -0.384. The van der Waals surface area contributed by atoms with E-state index in [0.29, 0.717) is 17.1 Å². The summed E-state index contributed by atoms with van der Waals surface area (Å²) in [6.45, 7) is 1.94. The van der Waals surface area contributed by atoms with Crippen molar-refractivity contribution in [3.8, 4) is 11.1 Å². The van der Waals surface area contributed by atoms with Gasteiger partial charge < -0.3 is 10.6 Å². The number of hydrogen-bond acceptors (Lipinski definition) is 3. The van der Waals surface area contributed by atoms with Crippen molar-refractivity contribution in [2.75, 3.05) is 10.6 Å². The Morgan fingerprint density at radius 1 is 1.26 bits per heavy atom. The van der Waals surface area contributed by atoms with Gasteiger partial charge in [0.15, 0.2) is 0 Å². The number of aryl methyl sites for hydroxylation is 1. The van der Waals surface area contributed by atoms with E-state index >= 15 is 0 Å². The van der Waals surface area contributed by atoms with Crippen LogP contribution in [0.5, 0.6) is 0 Å². The van der Waals surface area contributed by atoms with Crippen molar-refractivity contribution in [3.63, 3.8) is 0 Å². The first-order valence-electron chi connectivity index (χ1n) is 8.52. The van der Waals surface area contributed by atoms with Gasteiger partial charge in [0.25, 0.3) is 5.91 Å². The zero-order valence-electron chi connectivity index (χ0n) is 14.6. The minimum absolute atomic E-state index is 0.0304. The number of hydrogen-bond donors (Lipinski definition) is 2. The van der Waals surface area contributed by atoms with Crippen molar-refractivity contribution in [2.45, 2.75) is 19.4 Å². The van der Waals surface area contributed by atoms with E-state index in [1.165, 1.54) is 16.8 Å². The number of anilines is 2. The molecule has 0 bridgehead atoms. The maximum atomic E-state index is 13.1. The van der Waals surface area contributed by atoms with Gasteiger partial charge in [-0.1, -0.05) is 24.3 Å². The molecule has 6 nitrogen and oxygen atoms in total. The molecule has 2 heterocycles. The van der Waals surface area contributed by atoms with E-state index in [-0.39, 0.29) is 24.1 Å². The predicted octanol–water partition coefficient (Wildman–Crippen LogP) is 3.52. The van der Waals surface area contributed by atoms with E-state index in [4.69, 9.17) is 0 Å². The van der Waals surface area contributed by atoms with Crippen molar-refractivity contribution in [3.05, 3.63) is 66.1 Å². The summed E-state index contributed by atoms with van der Waals surface area (Å²) in [6, 6.07) is 12.7. The number of halogens is 1. The predicted molar refractivity (Wildman–Crippen MR) is 99.7 cm³/mol.